The second kappa shape index (κ2) is 9.95. The number of methoxy groups -OCH3 is 3. The first kappa shape index (κ1) is 23.3. The molecule has 1 heterocycles. The average Bonchev–Trinajstić information content (AvgIpc) is 2.86. The molecule has 176 valence electrons. The Morgan fingerprint density at radius 2 is 1.76 bits per heavy atom. The number of benzene rings is 2. The van der Waals surface area contributed by atoms with Gasteiger partial charge in [-0.15, -0.1) is 0 Å². The third-order valence-corrected chi connectivity index (χ3v) is 5.94. The van der Waals surface area contributed by atoms with Crippen molar-refractivity contribution >= 4 is 34.5 Å². The second-order valence-corrected chi connectivity index (χ2v) is 8.04. The van der Waals surface area contributed by atoms with Gasteiger partial charge in [0, 0.05) is 5.39 Å². The van der Waals surface area contributed by atoms with Crippen LogP contribution in [0.15, 0.2) is 42.5 Å². The zero-order valence-electron chi connectivity index (χ0n) is 19.7. The van der Waals surface area contributed by atoms with Crippen LogP contribution in [0.2, 0.25) is 0 Å². The summed E-state index contributed by atoms with van der Waals surface area (Å²) in [6.45, 7) is 1.50. The monoisotopic (exact) mass is 461 g/mol. The minimum absolute atomic E-state index is 0.453. The Hall–Kier alpha value is -3.87. The van der Waals surface area contributed by atoms with Crippen LogP contribution in [0.3, 0.4) is 0 Å². The predicted molar refractivity (Wildman–Crippen MR) is 129 cm³/mol. The number of para-hydroxylation sites is 1. The van der Waals surface area contributed by atoms with Gasteiger partial charge in [0.05, 0.1) is 38.1 Å². The molecule has 7 heteroatoms. The Morgan fingerprint density at radius 3 is 2.50 bits per heavy atom. The molecular weight excluding hydrogens is 434 g/mol. The highest BCUT2D eigenvalue weighted by Gasteiger charge is 2.28. The highest BCUT2D eigenvalue weighted by atomic mass is 16.6. The molecule has 0 aliphatic heterocycles. The summed E-state index contributed by atoms with van der Waals surface area (Å²) < 4.78 is 21.0. The Balaban J connectivity index is 1.83. The van der Waals surface area contributed by atoms with Crippen LogP contribution in [0.1, 0.15) is 46.9 Å². The molecule has 4 rings (SSSR count). The highest BCUT2D eigenvalue weighted by Crippen LogP contribution is 2.37. The van der Waals surface area contributed by atoms with Crippen LogP contribution >= 0.6 is 0 Å². The lowest BCUT2D eigenvalue weighted by atomic mass is 9.86. The molecule has 0 bridgehead atoms. The van der Waals surface area contributed by atoms with Gasteiger partial charge in [0.15, 0.2) is 17.6 Å². The zero-order valence-corrected chi connectivity index (χ0v) is 19.7. The fraction of sp³-hybridized carbons (Fsp3) is 0.296. The van der Waals surface area contributed by atoms with Gasteiger partial charge in [-0.25, -0.2) is 14.6 Å². The largest absolute Gasteiger partial charge is 0.493 e. The number of fused-ring (bicyclic) bond motifs is 2. The summed E-state index contributed by atoms with van der Waals surface area (Å²) in [6, 6.07) is 13.2. The van der Waals surface area contributed by atoms with Crippen LogP contribution in [-0.4, -0.2) is 44.4 Å². The Kier molecular flexibility index (Phi) is 6.82. The van der Waals surface area contributed by atoms with Crippen molar-refractivity contribution in [1.29, 1.82) is 0 Å². The normalized spacial score (nSPS) is 14.9. The van der Waals surface area contributed by atoms with E-state index in [1.165, 1.54) is 14.0 Å². The number of hydrogen-bond donors (Lipinski definition) is 0. The number of aromatic nitrogens is 1. The Bertz CT molecular complexity index is 1280. The van der Waals surface area contributed by atoms with Crippen molar-refractivity contribution < 1.29 is 28.5 Å². The minimum atomic E-state index is -1.01. The lowest BCUT2D eigenvalue weighted by molar-refractivity contribution is -0.149. The number of nitrogens with zero attached hydrogens (tertiary/aromatic N) is 1. The number of allylic oxidation sites excluding steroid dienone is 1. The molecule has 0 saturated carbocycles. The Morgan fingerprint density at radius 1 is 1.00 bits per heavy atom. The van der Waals surface area contributed by atoms with Crippen molar-refractivity contribution in [2.75, 3.05) is 21.3 Å². The molecule has 0 amide bonds. The number of hydrogen-bond acceptors (Lipinski definition) is 7. The van der Waals surface area contributed by atoms with Gasteiger partial charge in [0.1, 0.15) is 0 Å². The fourth-order valence-electron chi connectivity index (χ4n) is 4.29. The lowest BCUT2D eigenvalue weighted by Crippen LogP contribution is -2.26. The third kappa shape index (κ3) is 4.46. The quantitative estimate of drug-likeness (QED) is 0.485. The van der Waals surface area contributed by atoms with E-state index in [9.17, 15) is 9.59 Å². The molecule has 3 aromatic rings. The van der Waals surface area contributed by atoms with Gasteiger partial charge in [-0.05, 0) is 67.2 Å². The Labute approximate surface area is 198 Å². The first-order chi connectivity index (χ1) is 16.5. The van der Waals surface area contributed by atoms with Gasteiger partial charge in [-0.2, -0.15) is 0 Å². The van der Waals surface area contributed by atoms with Gasteiger partial charge in [-0.3, -0.25) is 0 Å². The van der Waals surface area contributed by atoms with Crippen molar-refractivity contribution in [2.24, 2.45) is 0 Å². The molecule has 1 atom stereocenters. The predicted octanol–water partition coefficient (Wildman–Crippen LogP) is 4.85. The average molecular weight is 462 g/mol. The van der Waals surface area contributed by atoms with Crippen molar-refractivity contribution in [3.63, 3.8) is 0 Å². The number of carbonyl (C=O) groups excluding carboxylic acids is 2. The minimum Gasteiger partial charge on any atom is -0.493 e. The van der Waals surface area contributed by atoms with Crippen LogP contribution in [0, 0.1) is 0 Å². The molecule has 0 N–H and O–H groups in total. The van der Waals surface area contributed by atoms with Crippen LogP contribution in [0.25, 0.3) is 22.6 Å². The summed E-state index contributed by atoms with van der Waals surface area (Å²) in [5, 5.41) is 0.704. The van der Waals surface area contributed by atoms with Gasteiger partial charge < -0.3 is 18.9 Å². The fourth-order valence-corrected chi connectivity index (χ4v) is 4.29. The van der Waals surface area contributed by atoms with Crippen LogP contribution in [0.5, 0.6) is 11.5 Å². The summed E-state index contributed by atoms with van der Waals surface area (Å²) in [5.41, 5.74) is 4.72. The van der Waals surface area contributed by atoms with Crippen LogP contribution in [0.4, 0.5) is 0 Å². The first-order valence-electron chi connectivity index (χ1n) is 11.1. The maximum atomic E-state index is 13.3. The summed E-state index contributed by atoms with van der Waals surface area (Å²) in [5.74, 6) is 0.137. The van der Waals surface area contributed by atoms with Crippen molar-refractivity contribution in [2.45, 2.75) is 32.3 Å². The van der Waals surface area contributed by atoms with E-state index < -0.39 is 18.0 Å². The van der Waals surface area contributed by atoms with E-state index in [2.05, 4.69) is 6.08 Å². The van der Waals surface area contributed by atoms with E-state index in [0.717, 1.165) is 35.2 Å². The van der Waals surface area contributed by atoms with E-state index in [1.807, 2.05) is 42.5 Å². The van der Waals surface area contributed by atoms with Crippen LogP contribution < -0.4 is 9.47 Å². The van der Waals surface area contributed by atoms with E-state index >= 15 is 0 Å². The molecule has 34 heavy (non-hydrogen) atoms. The molecule has 1 aliphatic carbocycles. The zero-order chi connectivity index (χ0) is 24.2. The molecule has 1 aliphatic rings. The van der Waals surface area contributed by atoms with E-state index in [4.69, 9.17) is 23.9 Å². The molecule has 2 aromatic carbocycles. The summed E-state index contributed by atoms with van der Waals surface area (Å²) >= 11 is 0. The highest BCUT2D eigenvalue weighted by molar-refractivity contribution is 6.07. The lowest BCUT2D eigenvalue weighted by Gasteiger charge is -2.23. The maximum Gasteiger partial charge on any atom is 0.346 e. The summed E-state index contributed by atoms with van der Waals surface area (Å²) in [6.07, 6.45) is 3.42. The molecule has 0 saturated heterocycles. The van der Waals surface area contributed by atoms with Crippen molar-refractivity contribution in [3.8, 4) is 11.5 Å². The molecule has 0 spiro atoms. The number of ether oxygens (including phenoxy) is 4. The standard InChI is InChI=1S/C27H27NO6/c1-16(26(29)33-4)34-27(30)24-19-9-5-6-11-21(19)28-25-18(8-7-10-20(24)25)14-17-12-13-22(31-2)23(15-17)32-3/h5-6,9,11-16H,7-8,10H2,1-4H3/b18-14+. The van der Waals surface area contributed by atoms with E-state index in [-0.39, 0.29) is 0 Å². The van der Waals surface area contributed by atoms with Crippen LogP contribution in [-0.2, 0) is 20.7 Å². The van der Waals surface area contributed by atoms with Crippen molar-refractivity contribution in [3.05, 3.63) is 64.8 Å². The van der Waals surface area contributed by atoms with Crippen molar-refractivity contribution in [1.82, 2.24) is 4.98 Å². The van der Waals surface area contributed by atoms with Gasteiger partial charge in [-0.1, -0.05) is 24.3 Å². The molecular formula is C27H27NO6. The number of pyridine rings is 1. The third-order valence-electron chi connectivity index (χ3n) is 5.94. The second-order valence-electron chi connectivity index (χ2n) is 8.04. The molecule has 7 nitrogen and oxygen atoms in total. The first-order valence-corrected chi connectivity index (χ1v) is 11.1. The van der Waals surface area contributed by atoms with E-state index in [1.54, 1.807) is 14.2 Å². The number of carbonyl (C=O) groups is 2. The topological polar surface area (TPSA) is 84.0 Å². The van der Waals surface area contributed by atoms with Gasteiger partial charge in [0.25, 0.3) is 0 Å². The SMILES string of the molecule is COC(=O)C(C)OC(=O)c1c2c(nc3ccccc13)/C(=C/c1ccc(OC)c(OC)c1)CCC2. The summed E-state index contributed by atoms with van der Waals surface area (Å²) in [7, 11) is 4.47. The molecule has 1 aromatic heterocycles. The number of rotatable bonds is 6. The summed E-state index contributed by atoms with van der Waals surface area (Å²) in [4.78, 5) is 30.0. The van der Waals surface area contributed by atoms with Gasteiger partial charge >= 0.3 is 11.9 Å². The number of esters is 2. The van der Waals surface area contributed by atoms with Gasteiger partial charge in [0.2, 0.25) is 0 Å². The molecule has 0 radical (unpaired) electrons. The maximum absolute atomic E-state index is 13.3. The smallest absolute Gasteiger partial charge is 0.346 e. The van der Waals surface area contributed by atoms with E-state index in [0.29, 0.717) is 34.4 Å². The molecule has 1 unspecified atom stereocenters. The molecule has 0 fully saturated rings.